The number of fused-ring (bicyclic) bond motifs is 1. The van der Waals surface area contributed by atoms with Crippen LogP contribution in [-0.4, -0.2) is 27.8 Å². The predicted molar refractivity (Wildman–Crippen MR) is 126 cm³/mol. The van der Waals surface area contributed by atoms with Gasteiger partial charge in [-0.05, 0) is 48.7 Å². The highest BCUT2D eigenvalue weighted by molar-refractivity contribution is 6.46. The number of benzene rings is 3. The van der Waals surface area contributed by atoms with Crippen molar-refractivity contribution in [2.45, 2.75) is 39.0 Å². The zero-order valence-electron chi connectivity index (χ0n) is 18.6. The van der Waals surface area contributed by atoms with E-state index in [0.717, 1.165) is 34.4 Å². The van der Waals surface area contributed by atoms with E-state index in [-0.39, 0.29) is 24.0 Å². The number of ether oxygens (including phenoxy) is 1. The first kappa shape index (κ1) is 21.0. The molecule has 0 radical (unpaired) electrons. The SMILES string of the molecule is Cc1ccc([C@@H]2C(=C(O)c3ccc4c(c3)C[C@H](C)O4)C(=O)C(=O)N2Cc2ccccc2)cc1. The first-order chi connectivity index (χ1) is 15.9. The van der Waals surface area contributed by atoms with Gasteiger partial charge in [-0.3, -0.25) is 9.59 Å². The van der Waals surface area contributed by atoms with E-state index in [1.54, 1.807) is 11.0 Å². The zero-order valence-corrected chi connectivity index (χ0v) is 18.6. The molecular formula is C28H25NO4. The summed E-state index contributed by atoms with van der Waals surface area (Å²) in [5, 5.41) is 11.3. The van der Waals surface area contributed by atoms with Crippen molar-refractivity contribution in [1.29, 1.82) is 0 Å². The van der Waals surface area contributed by atoms with Crippen molar-refractivity contribution in [3.8, 4) is 5.75 Å². The van der Waals surface area contributed by atoms with E-state index in [9.17, 15) is 14.7 Å². The lowest BCUT2D eigenvalue weighted by atomic mass is 9.94. The number of nitrogens with zero attached hydrogens (tertiary/aromatic N) is 1. The lowest BCUT2D eigenvalue weighted by molar-refractivity contribution is -0.140. The summed E-state index contributed by atoms with van der Waals surface area (Å²) in [6, 6.07) is 22.0. The van der Waals surface area contributed by atoms with Crippen LogP contribution in [0.5, 0.6) is 5.75 Å². The highest BCUT2D eigenvalue weighted by Gasteiger charge is 2.46. The molecule has 5 heteroatoms. The minimum atomic E-state index is -0.672. The van der Waals surface area contributed by atoms with Gasteiger partial charge in [0.15, 0.2) is 0 Å². The van der Waals surface area contributed by atoms with Crippen LogP contribution in [0.2, 0.25) is 0 Å². The standard InChI is InChI=1S/C28H25NO4/c1-17-8-10-20(11-9-17)25-24(26(30)21-12-13-23-22(15-21)14-18(2)33-23)27(31)28(32)29(25)16-19-6-4-3-5-7-19/h3-13,15,18,25,30H,14,16H2,1-2H3/t18-,25+/m0/s1. The molecule has 2 heterocycles. The summed E-state index contributed by atoms with van der Waals surface area (Å²) in [6.45, 7) is 4.25. The lowest BCUT2D eigenvalue weighted by Crippen LogP contribution is -2.29. The van der Waals surface area contributed by atoms with Crippen LogP contribution in [0.1, 0.15) is 40.8 Å². The van der Waals surface area contributed by atoms with Crippen LogP contribution in [0.3, 0.4) is 0 Å². The van der Waals surface area contributed by atoms with Crippen LogP contribution in [0, 0.1) is 6.92 Å². The van der Waals surface area contributed by atoms with E-state index in [4.69, 9.17) is 4.74 Å². The van der Waals surface area contributed by atoms with Gasteiger partial charge >= 0.3 is 0 Å². The molecule has 3 aromatic carbocycles. The summed E-state index contributed by atoms with van der Waals surface area (Å²) in [5.41, 5.74) is 4.40. The molecule has 2 atom stereocenters. The number of hydrogen-bond donors (Lipinski definition) is 1. The van der Waals surface area contributed by atoms with Crippen molar-refractivity contribution in [2.75, 3.05) is 0 Å². The molecule has 1 N–H and O–H groups in total. The average molecular weight is 440 g/mol. The molecule has 2 aliphatic rings. The van der Waals surface area contributed by atoms with Gasteiger partial charge in [0, 0.05) is 18.5 Å². The smallest absolute Gasteiger partial charge is 0.295 e. The molecule has 0 aromatic heterocycles. The molecule has 3 aromatic rings. The molecule has 5 rings (SSSR count). The number of rotatable bonds is 4. The van der Waals surface area contributed by atoms with E-state index >= 15 is 0 Å². The number of carbonyl (C=O) groups is 2. The van der Waals surface area contributed by atoms with Gasteiger partial charge in [0.2, 0.25) is 0 Å². The Bertz CT molecular complexity index is 1260. The van der Waals surface area contributed by atoms with Gasteiger partial charge in [-0.2, -0.15) is 0 Å². The second-order valence-corrected chi connectivity index (χ2v) is 8.78. The van der Waals surface area contributed by atoms with Gasteiger partial charge in [0.25, 0.3) is 11.7 Å². The third-order valence-corrected chi connectivity index (χ3v) is 6.30. The van der Waals surface area contributed by atoms with Crippen molar-refractivity contribution in [2.24, 2.45) is 0 Å². The highest BCUT2D eigenvalue weighted by atomic mass is 16.5. The van der Waals surface area contributed by atoms with Crippen LogP contribution < -0.4 is 4.74 Å². The Labute approximate surface area is 192 Å². The van der Waals surface area contributed by atoms with Gasteiger partial charge in [-0.25, -0.2) is 0 Å². The number of aryl methyl sites for hydroxylation is 1. The summed E-state index contributed by atoms with van der Waals surface area (Å²) in [6.07, 6.45) is 0.807. The summed E-state index contributed by atoms with van der Waals surface area (Å²) in [7, 11) is 0. The normalized spacial score (nSPS) is 21.2. The summed E-state index contributed by atoms with van der Waals surface area (Å²) in [5.74, 6) is -0.640. The van der Waals surface area contributed by atoms with Crippen molar-refractivity contribution >= 4 is 17.4 Å². The number of Topliss-reactive ketones (excluding diaryl/α,β-unsaturated/α-hetero) is 1. The number of carbonyl (C=O) groups excluding carboxylic acids is 2. The van der Waals surface area contributed by atoms with Crippen LogP contribution in [0.4, 0.5) is 0 Å². The number of aliphatic hydroxyl groups is 1. The van der Waals surface area contributed by atoms with Gasteiger partial charge in [0.1, 0.15) is 17.6 Å². The van der Waals surface area contributed by atoms with Crippen molar-refractivity contribution < 1.29 is 19.4 Å². The minimum Gasteiger partial charge on any atom is -0.507 e. The van der Waals surface area contributed by atoms with E-state index in [0.29, 0.717) is 5.56 Å². The fraction of sp³-hybridized carbons (Fsp3) is 0.214. The maximum absolute atomic E-state index is 13.2. The quantitative estimate of drug-likeness (QED) is 0.355. The molecule has 0 aliphatic carbocycles. The monoisotopic (exact) mass is 439 g/mol. The van der Waals surface area contributed by atoms with Crippen LogP contribution in [-0.2, 0) is 22.6 Å². The molecule has 33 heavy (non-hydrogen) atoms. The Morgan fingerprint density at radius 3 is 2.48 bits per heavy atom. The minimum absolute atomic E-state index is 0.0707. The molecule has 0 bridgehead atoms. The Hall–Kier alpha value is -3.86. The zero-order chi connectivity index (χ0) is 23.1. The third-order valence-electron chi connectivity index (χ3n) is 6.30. The number of hydrogen-bond acceptors (Lipinski definition) is 4. The second kappa shape index (κ2) is 8.24. The molecule has 1 fully saturated rings. The molecule has 5 nitrogen and oxygen atoms in total. The van der Waals surface area contributed by atoms with Crippen molar-refractivity contribution in [3.63, 3.8) is 0 Å². The highest BCUT2D eigenvalue weighted by Crippen LogP contribution is 2.41. The molecular weight excluding hydrogens is 414 g/mol. The maximum Gasteiger partial charge on any atom is 0.295 e. The third kappa shape index (κ3) is 3.80. The molecule has 0 saturated carbocycles. The average Bonchev–Trinajstić information content (AvgIpc) is 3.31. The van der Waals surface area contributed by atoms with Gasteiger partial charge < -0.3 is 14.7 Å². The Morgan fingerprint density at radius 1 is 1.03 bits per heavy atom. The van der Waals surface area contributed by atoms with Crippen molar-refractivity contribution in [3.05, 3.63) is 106 Å². The molecule has 0 spiro atoms. The first-order valence-electron chi connectivity index (χ1n) is 11.1. The number of likely N-dealkylation sites (tertiary alicyclic amines) is 1. The maximum atomic E-state index is 13.2. The Kier molecular flexibility index (Phi) is 5.25. The molecule has 166 valence electrons. The van der Waals surface area contributed by atoms with E-state index in [1.165, 1.54) is 0 Å². The van der Waals surface area contributed by atoms with Crippen LogP contribution >= 0.6 is 0 Å². The Morgan fingerprint density at radius 2 is 1.76 bits per heavy atom. The van der Waals surface area contributed by atoms with Crippen molar-refractivity contribution in [1.82, 2.24) is 4.90 Å². The molecule has 1 amide bonds. The van der Waals surface area contributed by atoms with E-state index < -0.39 is 17.7 Å². The van der Waals surface area contributed by atoms with Gasteiger partial charge in [-0.15, -0.1) is 0 Å². The molecule has 2 aliphatic heterocycles. The number of aliphatic hydroxyl groups excluding tert-OH is 1. The second-order valence-electron chi connectivity index (χ2n) is 8.78. The summed E-state index contributed by atoms with van der Waals surface area (Å²) >= 11 is 0. The van der Waals surface area contributed by atoms with Crippen LogP contribution in [0.15, 0.2) is 78.4 Å². The number of ketones is 1. The Balaban J connectivity index is 1.62. The fourth-order valence-corrected chi connectivity index (χ4v) is 4.64. The topological polar surface area (TPSA) is 66.8 Å². The van der Waals surface area contributed by atoms with E-state index in [1.807, 2.05) is 80.6 Å². The largest absolute Gasteiger partial charge is 0.507 e. The molecule has 1 saturated heterocycles. The van der Waals surface area contributed by atoms with E-state index in [2.05, 4.69) is 0 Å². The number of amides is 1. The van der Waals surface area contributed by atoms with Gasteiger partial charge in [0.05, 0.1) is 11.6 Å². The van der Waals surface area contributed by atoms with Gasteiger partial charge in [-0.1, -0.05) is 60.2 Å². The molecule has 0 unspecified atom stereocenters. The first-order valence-corrected chi connectivity index (χ1v) is 11.1. The summed E-state index contributed by atoms with van der Waals surface area (Å²) < 4.78 is 5.76. The summed E-state index contributed by atoms with van der Waals surface area (Å²) in [4.78, 5) is 27.9. The lowest BCUT2D eigenvalue weighted by Gasteiger charge is -2.25. The fourth-order valence-electron chi connectivity index (χ4n) is 4.64. The van der Waals surface area contributed by atoms with Crippen LogP contribution in [0.25, 0.3) is 5.76 Å². The predicted octanol–water partition coefficient (Wildman–Crippen LogP) is 4.94.